The van der Waals surface area contributed by atoms with E-state index in [9.17, 15) is 26.4 Å². The van der Waals surface area contributed by atoms with E-state index in [1.165, 1.54) is 18.2 Å². The van der Waals surface area contributed by atoms with E-state index in [0.717, 1.165) is 23.1 Å². The molecule has 0 aliphatic carbocycles. The SMILES string of the molecule is O=C(CCNS(=O)(=O)/C=C/c1ccccc1)NCCc1ccc(C(F)(F)F)cc1. The molecule has 0 heterocycles. The summed E-state index contributed by atoms with van der Waals surface area (Å²) in [6.07, 6.45) is -2.61. The predicted molar refractivity (Wildman–Crippen MR) is 105 cm³/mol. The highest BCUT2D eigenvalue weighted by atomic mass is 32.2. The van der Waals surface area contributed by atoms with Crippen LogP contribution in [0.3, 0.4) is 0 Å². The van der Waals surface area contributed by atoms with Crippen LogP contribution in [-0.4, -0.2) is 27.4 Å². The van der Waals surface area contributed by atoms with Crippen LogP contribution in [0, 0.1) is 0 Å². The molecule has 0 fully saturated rings. The molecule has 2 rings (SSSR count). The molecule has 0 bridgehead atoms. The number of sulfonamides is 1. The number of benzene rings is 2. The van der Waals surface area contributed by atoms with Crippen LogP contribution in [0.2, 0.25) is 0 Å². The van der Waals surface area contributed by atoms with Crippen LogP contribution < -0.4 is 10.0 Å². The van der Waals surface area contributed by atoms with Crippen molar-refractivity contribution in [2.45, 2.75) is 19.0 Å². The van der Waals surface area contributed by atoms with E-state index in [0.29, 0.717) is 12.0 Å². The third-order valence-electron chi connectivity index (χ3n) is 3.91. The normalized spacial score (nSPS) is 12.2. The first-order valence-corrected chi connectivity index (χ1v) is 10.4. The van der Waals surface area contributed by atoms with Gasteiger partial charge in [0.2, 0.25) is 15.9 Å². The minimum Gasteiger partial charge on any atom is -0.356 e. The van der Waals surface area contributed by atoms with Crippen molar-refractivity contribution >= 4 is 22.0 Å². The minimum absolute atomic E-state index is 0.0502. The number of hydrogen-bond acceptors (Lipinski definition) is 3. The summed E-state index contributed by atoms with van der Waals surface area (Å²) in [5, 5.41) is 3.64. The second-order valence-electron chi connectivity index (χ2n) is 6.20. The van der Waals surface area contributed by atoms with E-state index in [4.69, 9.17) is 0 Å². The lowest BCUT2D eigenvalue weighted by Crippen LogP contribution is -2.30. The highest BCUT2D eigenvalue weighted by Crippen LogP contribution is 2.29. The van der Waals surface area contributed by atoms with E-state index < -0.39 is 21.8 Å². The first kappa shape index (κ1) is 22.6. The molecule has 0 saturated heterocycles. The number of alkyl halides is 3. The maximum atomic E-state index is 12.5. The molecule has 0 aliphatic rings. The average molecular weight is 426 g/mol. The fourth-order valence-electron chi connectivity index (χ4n) is 2.38. The summed E-state index contributed by atoms with van der Waals surface area (Å²) in [6.45, 7) is 0.179. The van der Waals surface area contributed by atoms with Gasteiger partial charge in [-0.2, -0.15) is 13.2 Å². The Morgan fingerprint density at radius 3 is 2.24 bits per heavy atom. The molecule has 9 heteroatoms. The Morgan fingerprint density at radius 2 is 1.62 bits per heavy atom. The molecule has 0 aliphatic heterocycles. The summed E-state index contributed by atoms with van der Waals surface area (Å²) < 4.78 is 63.6. The summed E-state index contributed by atoms with van der Waals surface area (Å²) in [4.78, 5) is 11.8. The van der Waals surface area contributed by atoms with Gasteiger partial charge in [-0.05, 0) is 35.8 Å². The van der Waals surface area contributed by atoms with Crippen molar-refractivity contribution in [1.29, 1.82) is 0 Å². The van der Waals surface area contributed by atoms with Crippen molar-refractivity contribution in [3.05, 3.63) is 76.7 Å². The molecule has 1 amide bonds. The average Bonchev–Trinajstić information content (AvgIpc) is 2.67. The van der Waals surface area contributed by atoms with Gasteiger partial charge < -0.3 is 5.32 Å². The summed E-state index contributed by atoms with van der Waals surface area (Å²) >= 11 is 0. The number of carbonyl (C=O) groups is 1. The third-order valence-corrected chi connectivity index (χ3v) is 5.01. The van der Waals surface area contributed by atoms with Crippen molar-refractivity contribution in [2.24, 2.45) is 0 Å². The Hall–Kier alpha value is -2.65. The summed E-state index contributed by atoms with van der Waals surface area (Å²) in [5.41, 5.74) is 0.669. The Morgan fingerprint density at radius 1 is 0.966 bits per heavy atom. The number of nitrogens with one attached hydrogen (secondary N) is 2. The van der Waals surface area contributed by atoms with Gasteiger partial charge in [-0.3, -0.25) is 4.79 Å². The first-order valence-electron chi connectivity index (χ1n) is 8.81. The van der Waals surface area contributed by atoms with Crippen LogP contribution in [0.4, 0.5) is 13.2 Å². The summed E-state index contributed by atoms with van der Waals surface area (Å²) in [7, 11) is -3.66. The fourth-order valence-corrected chi connectivity index (χ4v) is 3.20. The molecular weight excluding hydrogens is 405 g/mol. The Kier molecular flexibility index (Phi) is 7.98. The molecule has 2 aromatic rings. The van der Waals surface area contributed by atoms with E-state index in [1.807, 2.05) is 6.07 Å². The van der Waals surface area contributed by atoms with Crippen LogP contribution >= 0.6 is 0 Å². The van der Waals surface area contributed by atoms with Crippen LogP contribution in [0.5, 0.6) is 0 Å². The molecule has 0 unspecified atom stereocenters. The molecule has 0 atom stereocenters. The van der Waals surface area contributed by atoms with E-state index >= 15 is 0 Å². The topological polar surface area (TPSA) is 75.3 Å². The number of amides is 1. The van der Waals surface area contributed by atoms with Crippen LogP contribution in [-0.2, 0) is 27.4 Å². The number of carbonyl (C=O) groups excluding carboxylic acids is 1. The second-order valence-corrected chi connectivity index (χ2v) is 7.85. The molecule has 0 radical (unpaired) electrons. The largest absolute Gasteiger partial charge is 0.416 e. The van der Waals surface area contributed by atoms with Gasteiger partial charge in [-0.15, -0.1) is 0 Å². The maximum absolute atomic E-state index is 12.5. The lowest BCUT2D eigenvalue weighted by molar-refractivity contribution is -0.137. The van der Waals surface area contributed by atoms with Gasteiger partial charge in [0, 0.05) is 24.9 Å². The fraction of sp³-hybridized carbons (Fsp3) is 0.250. The monoisotopic (exact) mass is 426 g/mol. The third kappa shape index (κ3) is 8.49. The smallest absolute Gasteiger partial charge is 0.356 e. The van der Waals surface area contributed by atoms with Crippen molar-refractivity contribution in [3.8, 4) is 0 Å². The van der Waals surface area contributed by atoms with Crippen LogP contribution in [0.15, 0.2) is 60.0 Å². The van der Waals surface area contributed by atoms with Crippen molar-refractivity contribution in [1.82, 2.24) is 10.0 Å². The van der Waals surface area contributed by atoms with Crippen LogP contribution in [0.25, 0.3) is 6.08 Å². The Labute approximate surface area is 167 Å². The number of halogens is 3. The lowest BCUT2D eigenvalue weighted by atomic mass is 10.1. The summed E-state index contributed by atoms with van der Waals surface area (Å²) in [5.74, 6) is -0.355. The van der Waals surface area contributed by atoms with Crippen molar-refractivity contribution in [3.63, 3.8) is 0 Å². The molecular formula is C20H21F3N2O3S. The van der Waals surface area contributed by atoms with Gasteiger partial charge in [0.25, 0.3) is 0 Å². The zero-order valence-electron chi connectivity index (χ0n) is 15.4. The molecule has 0 saturated carbocycles. The molecule has 2 aromatic carbocycles. The molecule has 2 N–H and O–H groups in total. The van der Waals surface area contributed by atoms with Crippen molar-refractivity contribution in [2.75, 3.05) is 13.1 Å². The summed E-state index contributed by atoms with van der Waals surface area (Å²) in [6, 6.07) is 13.6. The molecule has 29 heavy (non-hydrogen) atoms. The first-order chi connectivity index (χ1) is 13.7. The van der Waals surface area contributed by atoms with Gasteiger partial charge in [0.15, 0.2) is 0 Å². The Bertz CT molecular complexity index is 926. The zero-order chi connectivity index (χ0) is 21.3. The van der Waals surface area contributed by atoms with Crippen molar-refractivity contribution < 1.29 is 26.4 Å². The van der Waals surface area contributed by atoms with E-state index in [2.05, 4.69) is 10.0 Å². The minimum atomic E-state index is -4.38. The number of rotatable bonds is 9. The quantitative estimate of drug-likeness (QED) is 0.646. The molecule has 0 aromatic heterocycles. The standard InChI is InChI=1S/C20H21F3N2O3S/c21-20(22,23)18-8-6-17(7-9-18)10-13-24-19(26)11-14-25-29(27,28)15-12-16-4-2-1-3-5-16/h1-9,12,15,25H,10-11,13-14H2,(H,24,26)/b15-12+. The number of hydrogen-bond donors (Lipinski definition) is 2. The second kappa shape index (κ2) is 10.2. The molecule has 0 spiro atoms. The van der Waals surface area contributed by atoms with Gasteiger partial charge >= 0.3 is 6.18 Å². The van der Waals surface area contributed by atoms with Gasteiger partial charge in [0.1, 0.15) is 0 Å². The Balaban J connectivity index is 1.68. The highest BCUT2D eigenvalue weighted by molar-refractivity contribution is 7.92. The van der Waals surface area contributed by atoms with Gasteiger partial charge in [0.05, 0.1) is 5.56 Å². The van der Waals surface area contributed by atoms with E-state index in [-0.39, 0.29) is 25.4 Å². The lowest BCUT2D eigenvalue weighted by Gasteiger charge is -2.08. The molecule has 5 nitrogen and oxygen atoms in total. The van der Waals surface area contributed by atoms with Gasteiger partial charge in [-0.25, -0.2) is 13.1 Å². The van der Waals surface area contributed by atoms with Crippen LogP contribution in [0.1, 0.15) is 23.1 Å². The van der Waals surface area contributed by atoms with Gasteiger partial charge in [-0.1, -0.05) is 42.5 Å². The predicted octanol–water partition coefficient (Wildman–Crippen LogP) is 3.34. The maximum Gasteiger partial charge on any atom is 0.416 e. The molecule has 156 valence electrons. The zero-order valence-corrected chi connectivity index (χ0v) is 16.3. The van der Waals surface area contributed by atoms with E-state index in [1.54, 1.807) is 24.3 Å². The highest BCUT2D eigenvalue weighted by Gasteiger charge is 2.29.